The summed E-state index contributed by atoms with van der Waals surface area (Å²) in [6, 6.07) is 13.8. The highest BCUT2D eigenvalue weighted by atomic mass is 32.2. The van der Waals surface area contributed by atoms with Crippen molar-refractivity contribution in [2.75, 3.05) is 17.2 Å². The number of hydrogen-bond donors (Lipinski definition) is 2. The van der Waals surface area contributed by atoms with Crippen LogP contribution in [0.3, 0.4) is 0 Å². The maximum atomic E-state index is 12.2. The maximum Gasteiger partial charge on any atom is 0.243 e. The van der Waals surface area contributed by atoms with E-state index in [0.29, 0.717) is 22.5 Å². The number of Topliss-reactive ketones (excluding diaryl/α,β-unsaturated/α-hetero) is 1. The van der Waals surface area contributed by atoms with Crippen molar-refractivity contribution >= 4 is 32.9 Å². The lowest BCUT2D eigenvalue weighted by molar-refractivity contribution is -0.114. The van der Waals surface area contributed by atoms with Crippen molar-refractivity contribution < 1.29 is 18.0 Å². The van der Waals surface area contributed by atoms with Gasteiger partial charge in [0.1, 0.15) is 0 Å². The van der Waals surface area contributed by atoms with Crippen LogP contribution < -0.4 is 10.6 Å². The number of rotatable bonds is 8. The third kappa shape index (κ3) is 5.92. The van der Waals surface area contributed by atoms with Crippen molar-refractivity contribution in [2.45, 2.75) is 31.8 Å². The average Bonchev–Trinajstić information content (AvgIpc) is 2.60. The number of para-hydroxylation sites is 1. The number of nitrogens with one attached hydrogen (secondary N) is 2. The van der Waals surface area contributed by atoms with Gasteiger partial charge in [-0.3, -0.25) is 9.59 Å². The molecule has 7 heteroatoms. The minimum Gasteiger partial charge on any atom is -0.376 e. The Bertz CT molecular complexity index is 937. The number of carbonyl (C=O) groups excluding carboxylic acids is 2. The van der Waals surface area contributed by atoms with Gasteiger partial charge in [0.05, 0.1) is 23.2 Å². The summed E-state index contributed by atoms with van der Waals surface area (Å²) >= 11 is 0. The lowest BCUT2D eigenvalue weighted by Crippen LogP contribution is -2.23. The molecule has 0 atom stereocenters. The lowest BCUT2D eigenvalue weighted by Gasteiger charge is -2.12. The van der Waals surface area contributed by atoms with E-state index in [1.807, 2.05) is 0 Å². The Balaban J connectivity index is 2.00. The fraction of sp³-hybridized carbons (Fsp3) is 0.300. The first-order chi connectivity index (χ1) is 12.7. The van der Waals surface area contributed by atoms with Crippen LogP contribution in [-0.4, -0.2) is 31.9 Å². The van der Waals surface area contributed by atoms with Crippen LogP contribution in [0.2, 0.25) is 0 Å². The minimum absolute atomic E-state index is 0.00732. The zero-order valence-electron chi connectivity index (χ0n) is 15.7. The van der Waals surface area contributed by atoms with Gasteiger partial charge in [-0.25, -0.2) is 8.42 Å². The molecule has 0 fully saturated rings. The number of benzene rings is 2. The zero-order chi connectivity index (χ0) is 20.0. The van der Waals surface area contributed by atoms with Gasteiger partial charge in [-0.15, -0.1) is 0 Å². The van der Waals surface area contributed by atoms with Crippen LogP contribution in [0, 0.1) is 0 Å². The number of amides is 1. The summed E-state index contributed by atoms with van der Waals surface area (Å²) in [7, 11) is -3.19. The Kier molecular flexibility index (Phi) is 6.74. The van der Waals surface area contributed by atoms with Crippen LogP contribution in [0.1, 0.15) is 36.7 Å². The Hall–Kier alpha value is -2.67. The molecule has 0 bridgehead atoms. The molecule has 0 aliphatic heterocycles. The van der Waals surface area contributed by atoms with Crippen LogP contribution in [-0.2, 0) is 20.4 Å². The van der Waals surface area contributed by atoms with Crippen molar-refractivity contribution in [3.63, 3.8) is 0 Å². The van der Waals surface area contributed by atoms with Gasteiger partial charge < -0.3 is 10.6 Å². The zero-order valence-corrected chi connectivity index (χ0v) is 16.5. The van der Waals surface area contributed by atoms with E-state index in [2.05, 4.69) is 10.6 Å². The molecular formula is C20H24N2O4S. The molecule has 27 heavy (non-hydrogen) atoms. The molecule has 6 nitrogen and oxygen atoms in total. The number of ketones is 1. The largest absolute Gasteiger partial charge is 0.376 e. The Morgan fingerprint density at radius 2 is 1.74 bits per heavy atom. The van der Waals surface area contributed by atoms with Gasteiger partial charge in [-0.1, -0.05) is 24.3 Å². The molecule has 0 heterocycles. The van der Waals surface area contributed by atoms with E-state index < -0.39 is 15.1 Å². The summed E-state index contributed by atoms with van der Waals surface area (Å²) in [5.41, 5.74) is 2.23. The number of sulfone groups is 1. The van der Waals surface area contributed by atoms with Gasteiger partial charge in [-0.05, 0) is 50.6 Å². The summed E-state index contributed by atoms with van der Waals surface area (Å²) in [5.74, 6) is -0.472. The molecule has 1 amide bonds. The van der Waals surface area contributed by atoms with Gasteiger partial charge in [-0.2, -0.15) is 0 Å². The highest BCUT2D eigenvalue weighted by Gasteiger charge is 2.17. The van der Waals surface area contributed by atoms with Crippen molar-refractivity contribution in [3.05, 3.63) is 59.7 Å². The summed E-state index contributed by atoms with van der Waals surface area (Å²) < 4.78 is 24.1. The third-order valence-electron chi connectivity index (χ3n) is 4.05. The fourth-order valence-electron chi connectivity index (χ4n) is 2.45. The predicted molar refractivity (Wildman–Crippen MR) is 108 cm³/mol. The molecule has 0 spiro atoms. The van der Waals surface area contributed by atoms with Crippen molar-refractivity contribution in [1.29, 1.82) is 0 Å². The van der Waals surface area contributed by atoms with E-state index in [0.717, 1.165) is 0 Å². The summed E-state index contributed by atoms with van der Waals surface area (Å²) in [6.45, 7) is 4.74. The number of hydrogen-bond acceptors (Lipinski definition) is 5. The van der Waals surface area contributed by atoms with Gasteiger partial charge in [0.25, 0.3) is 0 Å². The van der Waals surface area contributed by atoms with Gasteiger partial charge >= 0.3 is 0 Å². The number of anilines is 2. The fourth-order valence-corrected chi connectivity index (χ4v) is 3.42. The molecule has 144 valence electrons. The van der Waals surface area contributed by atoms with E-state index in [1.165, 1.54) is 6.92 Å². The summed E-state index contributed by atoms with van der Waals surface area (Å²) in [4.78, 5) is 23.8. The molecule has 0 saturated carbocycles. The monoisotopic (exact) mass is 388 g/mol. The Morgan fingerprint density at radius 3 is 2.41 bits per heavy atom. The van der Waals surface area contributed by atoms with Gasteiger partial charge in [0.15, 0.2) is 15.6 Å². The minimum atomic E-state index is -3.19. The summed E-state index contributed by atoms with van der Waals surface area (Å²) in [5, 5.41) is 5.25. The SMILES string of the molecule is CC(=O)c1ccccc1NC(=O)CNc1cccc(CS(=O)(=O)C(C)C)c1. The third-order valence-corrected chi connectivity index (χ3v) is 6.22. The lowest BCUT2D eigenvalue weighted by atomic mass is 10.1. The molecule has 0 saturated heterocycles. The first kappa shape index (κ1) is 20.6. The molecule has 2 rings (SSSR count). The van der Waals surface area contributed by atoms with Crippen molar-refractivity contribution in [1.82, 2.24) is 0 Å². The van der Waals surface area contributed by atoms with Crippen LogP contribution in [0.4, 0.5) is 11.4 Å². The van der Waals surface area contributed by atoms with Gasteiger partial charge in [0.2, 0.25) is 5.91 Å². The molecule has 0 radical (unpaired) electrons. The number of carbonyl (C=O) groups is 2. The quantitative estimate of drug-likeness (QED) is 0.677. The van der Waals surface area contributed by atoms with Crippen molar-refractivity contribution in [2.24, 2.45) is 0 Å². The van der Waals surface area contributed by atoms with Gasteiger partial charge in [0, 0.05) is 11.3 Å². The van der Waals surface area contributed by atoms with Crippen LogP contribution in [0.15, 0.2) is 48.5 Å². The molecule has 0 aliphatic rings. The predicted octanol–water partition coefficient (Wildman–Crippen LogP) is 3.26. The smallest absolute Gasteiger partial charge is 0.243 e. The molecule has 2 aromatic rings. The topological polar surface area (TPSA) is 92.3 Å². The average molecular weight is 388 g/mol. The standard InChI is InChI=1S/C20H24N2O4S/c1-14(2)27(25,26)13-16-7-6-8-17(11-16)21-12-20(24)22-19-10-5-4-9-18(19)15(3)23/h4-11,14,21H,12-13H2,1-3H3,(H,22,24). The summed E-state index contributed by atoms with van der Waals surface area (Å²) in [6.07, 6.45) is 0. The second-order valence-corrected chi connectivity index (χ2v) is 9.12. The second kappa shape index (κ2) is 8.81. The first-order valence-corrected chi connectivity index (χ1v) is 10.3. The molecule has 2 N–H and O–H groups in total. The molecule has 0 unspecified atom stereocenters. The normalized spacial score (nSPS) is 11.3. The van der Waals surface area contributed by atoms with E-state index >= 15 is 0 Å². The van der Waals surface area contributed by atoms with E-state index in [1.54, 1.807) is 62.4 Å². The molecule has 2 aromatic carbocycles. The highest BCUT2D eigenvalue weighted by molar-refractivity contribution is 7.91. The highest BCUT2D eigenvalue weighted by Crippen LogP contribution is 2.17. The Labute approximate surface area is 159 Å². The Morgan fingerprint density at radius 1 is 1.04 bits per heavy atom. The van der Waals surface area contributed by atoms with Crippen LogP contribution >= 0.6 is 0 Å². The van der Waals surface area contributed by atoms with Crippen LogP contribution in [0.5, 0.6) is 0 Å². The maximum absolute atomic E-state index is 12.2. The second-order valence-electron chi connectivity index (χ2n) is 6.56. The van der Waals surface area contributed by atoms with E-state index in [-0.39, 0.29) is 24.0 Å². The molecular weight excluding hydrogens is 364 g/mol. The van der Waals surface area contributed by atoms with Crippen LogP contribution in [0.25, 0.3) is 0 Å². The van der Waals surface area contributed by atoms with E-state index in [9.17, 15) is 18.0 Å². The molecule has 0 aliphatic carbocycles. The molecule has 0 aromatic heterocycles. The van der Waals surface area contributed by atoms with E-state index in [4.69, 9.17) is 0 Å². The van der Waals surface area contributed by atoms with Crippen molar-refractivity contribution in [3.8, 4) is 0 Å². The first-order valence-electron chi connectivity index (χ1n) is 8.63.